The molecule has 0 heterocycles. The van der Waals surface area contributed by atoms with Gasteiger partial charge in [-0.3, -0.25) is 0 Å². The van der Waals surface area contributed by atoms with Gasteiger partial charge < -0.3 is 0 Å². The van der Waals surface area contributed by atoms with E-state index < -0.39 is 18.7 Å². The summed E-state index contributed by atoms with van der Waals surface area (Å²) in [6.07, 6.45) is 4.58. The molecule has 0 aromatic rings. The van der Waals surface area contributed by atoms with Gasteiger partial charge in [-0.2, -0.15) is 0 Å². The van der Waals surface area contributed by atoms with Gasteiger partial charge in [0.05, 0.1) is 0 Å². The van der Waals surface area contributed by atoms with Crippen LogP contribution in [0.3, 0.4) is 0 Å². The third-order valence-corrected chi connectivity index (χ3v) is 31.9. The first kappa shape index (κ1) is 18.7. The van der Waals surface area contributed by atoms with E-state index in [2.05, 4.69) is 0 Å². The van der Waals surface area contributed by atoms with Crippen LogP contribution in [0.5, 0.6) is 0 Å². The third-order valence-electron chi connectivity index (χ3n) is 3.69. The van der Waals surface area contributed by atoms with Crippen LogP contribution in [0.4, 0.5) is 0 Å². The van der Waals surface area contributed by atoms with Crippen LogP contribution in [0, 0.1) is 0 Å². The van der Waals surface area contributed by atoms with Gasteiger partial charge in [-0.25, -0.2) is 0 Å². The molecule has 0 amide bonds. The topological polar surface area (TPSA) is 68.3 Å². The number of hydrogen-bond acceptors (Lipinski definition) is 4. The summed E-state index contributed by atoms with van der Waals surface area (Å²) in [5, 5.41) is 0. The SMILES string of the molecule is CCC[PH](CCC)(CCC)[Ru]([CH]=O)([CH]=O)([CH]=O)[CH]=O. The van der Waals surface area contributed by atoms with Gasteiger partial charge in [0, 0.05) is 0 Å². The molecule has 0 radical (unpaired) electrons. The second-order valence-electron chi connectivity index (χ2n) is 4.82. The van der Waals surface area contributed by atoms with E-state index in [9.17, 15) is 19.2 Å². The van der Waals surface area contributed by atoms with Crippen LogP contribution < -0.4 is 0 Å². The zero-order valence-electron chi connectivity index (χ0n) is 12.0. The summed E-state index contributed by atoms with van der Waals surface area (Å²) in [5.74, 6) is 0. The number of carbonyl (C=O) groups excluding carboxylic acids is 4. The summed E-state index contributed by atoms with van der Waals surface area (Å²) in [5.41, 5.74) is -2.52. The van der Waals surface area contributed by atoms with Crippen molar-refractivity contribution in [3.05, 3.63) is 0 Å². The quantitative estimate of drug-likeness (QED) is 0.314. The summed E-state index contributed by atoms with van der Waals surface area (Å²) in [7, 11) is 0. The van der Waals surface area contributed by atoms with E-state index in [0.29, 0.717) is 38.0 Å². The molecule has 0 N–H and O–H groups in total. The number of rotatable bonds is 11. The molecule has 0 bridgehead atoms. The van der Waals surface area contributed by atoms with Gasteiger partial charge in [0.15, 0.2) is 0 Å². The van der Waals surface area contributed by atoms with E-state index >= 15 is 0 Å². The molecule has 0 aliphatic heterocycles. The molecule has 0 aliphatic rings. The fraction of sp³-hybridized carbons (Fsp3) is 0.692. The van der Waals surface area contributed by atoms with Crippen molar-refractivity contribution in [3.8, 4) is 0 Å². The second kappa shape index (κ2) is 7.50. The Bertz CT molecular complexity index is 296. The van der Waals surface area contributed by atoms with Crippen LogP contribution in [-0.4, -0.2) is 38.0 Å². The molecule has 6 heteroatoms. The van der Waals surface area contributed by atoms with Crippen molar-refractivity contribution in [3.63, 3.8) is 0 Å². The van der Waals surface area contributed by atoms with Gasteiger partial charge in [0.1, 0.15) is 0 Å². The molecule has 0 spiro atoms. The van der Waals surface area contributed by atoms with Crippen molar-refractivity contribution in [1.82, 2.24) is 0 Å². The van der Waals surface area contributed by atoms with Gasteiger partial charge >= 0.3 is 116 Å². The maximum absolute atomic E-state index is 11.7. The average Bonchev–Trinajstić information content (AvgIpc) is 2.43. The standard InChI is InChI=1S/C9H21P.4CHO.Ru/c1-4-7-10(8-5-2)9-6-3;4*1-2;/h4-9H2,1-3H3;4*1H;/q;;;;;-1/p+1. The summed E-state index contributed by atoms with van der Waals surface area (Å²) in [6.45, 7) is 5.95. The van der Waals surface area contributed by atoms with Gasteiger partial charge in [-0.15, -0.1) is 0 Å². The first-order valence-corrected chi connectivity index (χ1v) is 15.7. The van der Waals surface area contributed by atoms with Gasteiger partial charge in [0.25, 0.3) is 0 Å². The Morgan fingerprint density at radius 2 is 0.947 bits per heavy atom. The van der Waals surface area contributed by atoms with Gasteiger partial charge in [-0.1, -0.05) is 0 Å². The van der Waals surface area contributed by atoms with E-state index in [1.165, 1.54) is 0 Å². The second-order valence-corrected chi connectivity index (χ2v) is 26.1. The average molecular weight is 378 g/mol. The summed E-state index contributed by atoms with van der Waals surface area (Å²) >= 11 is -4.79. The monoisotopic (exact) mass is 379 g/mol. The Morgan fingerprint density at radius 1 is 0.684 bits per heavy atom. The van der Waals surface area contributed by atoms with Crippen LogP contribution >= 0.6 is 5.59 Å². The van der Waals surface area contributed by atoms with Gasteiger partial charge in [0.2, 0.25) is 0 Å². The summed E-state index contributed by atoms with van der Waals surface area (Å²) < 4.78 is 0. The molecule has 0 rings (SSSR count). The Balaban J connectivity index is 6.29. The number of carbonyl (C=O) groups is 4. The van der Waals surface area contributed by atoms with Gasteiger partial charge in [-0.05, 0) is 0 Å². The Kier molecular flexibility index (Phi) is 7.39. The van der Waals surface area contributed by atoms with Crippen LogP contribution in [0.25, 0.3) is 0 Å². The van der Waals surface area contributed by atoms with Crippen molar-refractivity contribution < 1.29 is 32.3 Å². The molecule has 0 aromatic carbocycles. The van der Waals surface area contributed by atoms with Crippen LogP contribution in [0.2, 0.25) is 0 Å². The molecular formula is C13H26O4PRu. The van der Waals surface area contributed by atoms with E-state index in [1.807, 2.05) is 20.8 Å². The Hall–Kier alpha value is -0.267. The molecular weight excluding hydrogens is 352 g/mol. The van der Waals surface area contributed by atoms with E-state index in [-0.39, 0.29) is 0 Å². The zero-order valence-corrected chi connectivity index (χ0v) is 14.8. The molecule has 115 valence electrons. The zero-order chi connectivity index (χ0) is 15.0. The van der Waals surface area contributed by atoms with Crippen molar-refractivity contribution in [2.45, 2.75) is 40.0 Å². The molecule has 0 saturated heterocycles. The summed E-state index contributed by atoms with van der Waals surface area (Å²) in [4.78, 5) is 48.9. The third kappa shape index (κ3) is 2.78. The minimum absolute atomic E-state index is 0.497. The molecule has 0 fully saturated rings. The van der Waals surface area contributed by atoms with Crippen molar-refractivity contribution >= 4 is 25.1 Å². The molecule has 4 nitrogen and oxygen atoms in total. The first-order chi connectivity index (χ1) is 9.00. The molecule has 0 atom stereocenters. The molecule has 0 unspecified atom stereocenters. The molecule has 0 aliphatic carbocycles. The first-order valence-electron chi connectivity index (χ1n) is 6.62. The maximum atomic E-state index is 11.7. The van der Waals surface area contributed by atoms with E-state index in [1.54, 1.807) is 0 Å². The molecule has 0 saturated carbocycles. The van der Waals surface area contributed by atoms with E-state index in [4.69, 9.17) is 0 Å². The van der Waals surface area contributed by atoms with Crippen molar-refractivity contribution in [1.29, 1.82) is 0 Å². The summed E-state index contributed by atoms with van der Waals surface area (Å²) in [6, 6.07) is 0. The molecule has 0 aromatic heterocycles. The normalized spacial score (nSPS) is 15.0. The predicted octanol–water partition coefficient (Wildman–Crippen LogP) is 2.33. The fourth-order valence-corrected chi connectivity index (χ4v) is 26.9. The number of hydrogen-bond donors (Lipinski definition) is 0. The predicted molar refractivity (Wildman–Crippen MR) is 80.8 cm³/mol. The Labute approximate surface area is 116 Å². The Morgan fingerprint density at radius 3 is 1.11 bits per heavy atom. The van der Waals surface area contributed by atoms with Crippen molar-refractivity contribution in [2.24, 2.45) is 0 Å². The van der Waals surface area contributed by atoms with E-state index in [0.717, 1.165) is 19.3 Å². The van der Waals surface area contributed by atoms with Crippen LogP contribution in [0.15, 0.2) is 0 Å². The van der Waals surface area contributed by atoms with Crippen LogP contribution in [-0.2, 0) is 32.3 Å². The fourth-order valence-electron chi connectivity index (χ4n) is 2.78. The van der Waals surface area contributed by atoms with Crippen LogP contribution in [0.1, 0.15) is 40.0 Å². The van der Waals surface area contributed by atoms with Crippen molar-refractivity contribution in [2.75, 3.05) is 18.5 Å². The minimum atomic E-state index is -4.79. The molecule has 19 heavy (non-hydrogen) atoms.